The monoisotopic (exact) mass is 270 g/mol. The van der Waals surface area contributed by atoms with Crippen LogP contribution in [-0.2, 0) is 14.3 Å². The van der Waals surface area contributed by atoms with Crippen molar-refractivity contribution in [2.45, 2.75) is 51.6 Å². The molecule has 1 amide bonds. The van der Waals surface area contributed by atoms with Crippen LogP contribution in [0.3, 0.4) is 0 Å². The topological polar surface area (TPSA) is 58.6 Å². The summed E-state index contributed by atoms with van der Waals surface area (Å²) in [6.07, 6.45) is 4.84. The molecule has 0 bridgehead atoms. The van der Waals surface area contributed by atoms with Crippen LogP contribution in [0.2, 0.25) is 0 Å². The van der Waals surface area contributed by atoms with Gasteiger partial charge < -0.3 is 15.0 Å². The molecule has 0 aromatic heterocycles. The van der Waals surface area contributed by atoms with Gasteiger partial charge in [-0.25, -0.2) is 4.79 Å². The molecular weight excluding hydrogens is 244 g/mol. The molecule has 0 aromatic carbocycles. The zero-order chi connectivity index (χ0) is 14.4. The predicted octanol–water partition coefficient (Wildman–Crippen LogP) is 1.17. The van der Waals surface area contributed by atoms with Gasteiger partial charge >= 0.3 is 5.97 Å². The van der Waals surface area contributed by atoms with E-state index in [0.717, 1.165) is 18.8 Å². The van der Waals surface area contributed by atoms with Crippen LogP contribution < -0.4 is 5.32 Å². The first kappa shape index (κ1) is 16.0. The van der Waals surface area contributed by atoms with E-state index < -0.39 is 6.04 Å². The van der Waals surface area contributed by atoms with Crippen LogP contribution in [0.1, 0.15) is 39.5 Å². The summed E-state index contributed by atoms with van der Waals surface area (Å²) in [6.45, 7) is 4.19. The fraction of sp³-hybridized carbons (Fsp3) is 0.857. The minimum atomic E-state index is -0.579. The van der Waals surface area contributed by atoms with Gasteiger partial charge in [-0.05, 0) is 25.8 Å². The van der Waals surface area contributed by atoms with E-state index in [1.165, 1.54) is 26.9 Å². The Morgan fingerprint density at radius 3 is 2.63 bits per heavy atom. The van der Waals surface area contributed by atoms with Crippen molar-refractivity contribution in [2.24, 2.45) is 5.92 Å². The lowest BCUT2D eigenvalue weighted by atomic mass is 9.86. The minimum absolute atomic E-state index is 0.208. The van der Waals surface area contributed by atoms with E-state index in [-0.39, 0.29) is 11.9 Å². The number of nitrogens with one attached hydrogen (secondary N) is 1. The first-order chi connectivity index (χ1) is 8.93. The van der Waals surface area contributed by atoms with Crippen molar-refractivity contribution < 1.29 is 14.3 Å². The van der Waals surface area contributed by atoms with Gasteiger partial charge in [0, 0.05) is 19.5 Å². The molecule has 1 N–H and O–H groups in total. The highest BCUT2D eigenvalue weighted by Gasteiger charge is 2.27. The average molecular weight is 270 g/mol. The lowest BCUT2D eigenvalue weighted by Gasteiger charge is -2.35. The third-order valence-corrected chi connectivity index (χ3v) is 3.87. The Bertz CT molecular complexity index is 320. The van der Waals surface area contributed by atoms with Gasteiger partial charge in [0.05, 0.1) is 7.11 Å². The molecule has 1 aliphatic carbocycles. The minimum Gasteiger partial charge on any atom is -0.467 e. The summed E-state index contributed by atoms with van der Waals surface area (Å²) in [5, 5.41) is 2.66. The lowest BCUT2D eigenvalue weighted by molar-refractivity contribution is -0.145. The molecule has 110 valence electrons. The van der Waals surface area contributed by atoms with Crippen molar-refractivity contribution in [2.75, 3.05) is 20.7 Å². The smallest absolute Gasteiger partial charge is 0.329 e. The second kappa shape index (κ2) is 7.48. The molecule has 19 heavy (non-hydrogen) atoms. The van der Waals surface area contributed by atoms with Crippen molar-refractivity contribution in [3.05, 3.63) is 0 Å². The summed E-state index contributed by atoms with van der Waals surface area (Å²) < 4.78 is 4.74. The van der Waals surface area contributed by atoms with Crippen molar-refractivity contribution in [3.63, 3.8) is 0 Å². The third-order valence-electron chi connectivity index (χ3n) is 3.87. The number of nitrogens with zero attached hydrogens (tertiary/aromatic N) is 1. The number of rotatable bonds is 5. The second-order valence-electron chi connectivity index (χ2n) is 5.64. The zero-order valence-electron chi connectivity index (χ0n) is 12.4. The maximum Gasteiger partial charge on any atom is 0.329 e. The average Bonchev–Trinajstić information content (AvgIpc) is 2.36. The van der Waals surface area contributed by atoms with Crippen molar-refractivity contribution >= 4 is 11.9 Å². The number of carbonyl (C=O) groups is 2. The summed E-state index contributed by atoms with van der Waals surface area (Å²) in [5.74, 6) is 0.144. The Hall–Kier alpha value is -1.10. The van der Waals surface area contributed by atoms with Gasteiger partial charge in [0.15, 0.2) is 0 Å². The number of methoxy groups -OCH3 is 1. The quantitative estimate of drug-likeness (QED) is 0.762. The molecule has 0 spiro atoms. The Balaban J connectivity index is 2.56. The van der Waals surface area contributed by atoms with Crippen LogP contribution in [0.4, 0.5) is 0 Å². The highest BCUT2D eigenvalue weighted by atomic mass is 16.5. The predicted molar refractivity (Wildman–Crippen MR) is 73.7 cm³/mol. The molecule has 1 rings (SSSR count). The van der Waals surface area contributed by atoms with Crippen molar-refractivity contribution in [1.29, 1.82) is 0 Å². The summed E-state index contributed by atoms with van der Waals surface area (Å²) >= 11 is 0. The van der Waals surface area contributed by atoms with E-state index in [0.29, 0.717) is 12.6 Å². The number of likely N-dealkylation sites (N-methyl/N-ethyl adjacent to an activating group) is 1. The van der Waals surface area contributed by atoms with Gasteiger partial charge in [-0.2, -0.15) is 0 Å². The summed E-state index contributed by atoms with van der Waals surface area (Å²) in [5.41, 5.74) is 0. The summed E-state index contributed by atoms with van der Waals surface area (Å²) in [6, 6.07) is -0.0885. The van der Waals surface area contributed by atoms with Crippen molar-refractivity contribution in [3.8, 4) is 0 Å². The fourth-order valence-corrected chi connectivity index (χ4v) is 2.81. The van der Waals surface area contributed by atoms with Gasteiger partial charge in [0.2, 0.25) is 5.91 Å². The van der Waals surface area contributed by atoms with E-state index in [9.17, 15) is 9.59 Å². The molecule has 3 unspecified atom stereocenters. The number of carbonyl (C=O) groups excluding carboxylic acids is 2. The molecule has 3 atom stereocenters. The number of hydrogen-bond acceptors (Lipinski definition) is 4. The summed E-state index contributed by atoms with van der Waals surface area (Å²) in [4.78, 5) is 25.0. The second-order valence-corrected chi connectivity index (χ2v) is 5.64. The standard InChI is InChI=1S/C14H26N2O3/c1-10-6-5-7-12(8-10)16(3)9-13(14(18)19-4)15-11(2)17/h10,12-13H,5-9H2,1-4H3,(H,15,17). The number of ether oxygens (including phenoxy) is 1. The van der Waals surface area contributed by atoms with Crippen LogP contribution in [0.15, 0.2) is 0 Å². The van der Waals surface area contributed by atoms with Crippen LogP contribution in [0.25, 0.3) is 0 Å². The molecule has 1 fully saturated rings. The molecule has 0 aromatic rings. The molecule has 0 heterocycles. The number of amides is 1. The van der Waals surface area contributed by atoms with Crippen LogP contribution in [-0.4, -0.2) is 49.6 Å². The largest absolute Gasteiger partial charge is 0.467 e. The van der Waals surface area contributed by atoms with Gasteiger partial charge in [0.25, 0.3) is 0 Å². The highest BCUT2D eigenvalue weighted by molar-refractivity contribution is 5.83. The first-order valence-electron chi connectivity index (χ1n) is 6.99. The van der Waals surface area contributed by atoms with Crippen molar-refractivity contribution in [1.82, 2.24) is 10.2 Å². The van der Waals surface area contributed by atoms with E-state index in [1.807, 2.05) is 7.05 Å². The normalized spacial score (nSPS) is 24.9. The number of esters is 1. The van der Waals surface area contributed by atoms with E-state index >= 15 is 0 Å². The number of hydrogen-bond donors (Lipinski definition) is 1. The summed E-state index contributed by atoms with van der Waals surface area (Å²) in [7, 11) is 3.36. The Labute approximate surface area is 115 Å². The molecule has 0 radical (unpaired) electrons. The van der Waals surface area contributed by atoms with E-state index in [2.05, 4.69) is 17.1 Å². The molecular formula is C14H26N2O3. The highest BCUT2D eigenvalue weighted by Crippen LogP contribution is 2.26. The Kier molecular flexibility index (Phi) is 6.28. The van der Waals surface area contributed by atoms with Crippen LogP contribution in [0, 0.1) is 5.92 Å². The molecule has 0 aliphatic heterocycles. The Morgan fingerprint density at radius 2 is 2.11 bits per heavy atom. The molecule has 5 nitrogen and oxygen atoms in total. The lowest BCUT2D eigenvalue weighted by Crippen LogP contribution is -2.50. The van der Waals surface area contributed by atoms with Gasteiger partial charge in [-0.1, -0.05) is 19.8 Å². The Morgan fingerprint density at radius 1 is 1.42 bits per heavy atom. The first-order valence-corrected chi connectivity index (χ1v) is 6.99. The fourth-order valence-electron chi connectivity index (χ4n) is 2.81. The maximum atomic E-state index is 11.7. The van der Waals surface area contributed by atoms with E-state index in [4.69, 9.17) is 4.74 Å². The molecule has 1 saturated carbocycles. The SMILES string of the molecule is COC(=O)C(CN(C)C1CCCC(C)C1)NC(C)=O. The van der Waals surface area contributed by atoms with Gasteiger partial charge in [-0.15, -0.1) is 0 Å². The zero-order valence-corrected chi connectivity index (χ0v) is 12.4. The maximum absolute atomic E-state index is 11.7. The molecule has 0 saturated heterocycles. The third kappa shape index (κ3) is 5.19. The van der Waals surface area contributed by atoms with Crippen LogP contribution >= 0.6 is 0 Å². The van der Waals surface area contributed by atoms with E-state index in [1.54, 1.807) is 0 Å². The van der Waals surface area contributed by atoms with Gasteiger partial charge in [-0.3, -0.25) is 4.79 Å². The van der Waals surface area contributed by atoms with Crippen LogP contribution in [0.5, 0.6) is 0 Å². The van der Waals surface area contributed by atoms with Gasteiger partial charge in [0.1, 0.15) is 6.04 Å². The molecule has 1 aliphatic rings. The molecule has 5 heteroatoms.